The summed E-state index contributed by atoms with van der Waals surface area (Å²) in [5.74, 6) is 0.626. The van der Waals surface area contributed by atoms with Crippen molar-refractivity contribution in [1.82, 2.24) is 15.2 Å². The predicted molar refractivity (Wildman–Crippen MR) is 53.3 cm³/mol. The van der Waals surface area contributed by atoms with Gasteiger partial charge in [-0.05, 0) is 19.8 Å². The maximum Gasteiger partial charge on any atom is 0.363 e. The first-order chi connectivity index (χ1) is 6.75. The average molecular weight is 194 g/mol. The summed E-state index contributed by atoms with van der Waals surface area (Å²) < 4.78 is 0. The van der Waals surface area contributed by atoms with Crippen LogP contribution in [-0.4, -0.2) is 21.2 Å². The largest absolute Gasteiger partial charge is 0.366 e. The quantitative estimate of drug-likeness (QED) is 0.731. The molecular formula is C9H14N4O. The monoisotopic (exact) mass is 194 g/mol. The Balaban J connectivity index is 2.14. The number of aryl methyl sites for hydroxylation is 1. The molecule has 0 bridgehead atoms. The lowest BCUT2D eigenvalue weighted by atomic mass is 10.2. The average Bonchev–Trinajstić information content (AvgIpc) is 2.64. The number of anilines is 1. The van der Waals surface area contributed by atoms with Gasteiger partial charge in [-0.2, -0.15) is 10.1 Å². The smallest absolute Gasteiger partial charge is 0.363 e. The lowest BCUT2D eigenvalue weighted by molar-refractivity contribution is 0.739. The highest BCUT2D eigenvalue weighted by Gasteiger charge is 2.16. The highest BCUT2D eigenvalue weighted by molar-refractivity contribution is 5.38. The molecule has 1 heterocycles. The zero-order chi connectivity index (χ0) is 9.97. The van der Waals surface area contributed by atoms with Gasteiger partial charge in [-0.25, -0.2) is 9.89 Å². The van der Waals surface area contributed by atoms with Crippen LogP contribution in [-0.2, 0) is 0 Å². The van der Waals surface area contributed by atoms with Crippen molar-refractivity contribution in [3.8, 4) is 0 Å². The molecule has 5 heteroatoms. The van der Waals surface area contributed by atoms with E-state index in [0.29, 0.717) is 11.9 Å². The maximum absolute atomic E-state index is 10.9. The highest BCUT2D eigenvalue weighted by Crippen LogP contribution is 2.21. The van der Waals surface area contributed by atoms with Crippen molar-refractivity contribution in [2.24, 2.45) is 0 Å². The van der Waals surface area contributed by atoms with Crippen LogP contribution in [0.5, 0.6) is 0 Å². The highest BCUT2D eigenvalue weighted by atomic mass is 16.1. The van der Waals surface area contributed by atoms with E-state index in [4.69, 9.17) is 0 Å². The van der Waals surface area contributed by atoms with Gasteiger partial charge in [0, 0.05) is 6.04 Å². The van der Waals surface area contributed by atoms with E-state index in [0.717, 1.165) is 18.5 Å². The van der Waals surface area contributed by atoms with E-state index in [1.54, 1.807) is 0 Å². The molecule has 1 fully saturated rings. The molecule has 0 aromatic carbocycles. The Hall–Kier alpha value is -1.39. The Morgan fingerprint density at radius 3 is 2.86 bits per heavy atom. The third-order valence-electron chi connectivity index (χ3n) is 2.57. The van der Waals surface area contributed by atoms with E-state index in [1.165, 1.54) is 12.8 Å². The van der Waals surface area contributed by atoms with E-state index in [-0.39, 0.29) is 0 Å². The first-order valence-corrected chi connectivity index (χ1v) is 4.95. The van der Waals surface area contributed by atoms with Crippen LogP contribution in [0, 0.1) is 6.92 Å². The van der Waals surface area contributed by atoms with Crippen molar-refractivity contribution < 1.29 is 0 Å². The van der Waals surface area contributed by atoms with Gasteiger partial charge in [-0.1, -0.05) is 12.8 Å². The molecule has 1 saturated carbocycles. The summed E-state index contributed by atoms with van der Waals surface area (Å²) in [5.41, 5.74) is 0.354. The molecule has 5 nitrogen and oxygen atoms in total. The van der Waals surface area contributed by atoms with Gasteiger partial charge < -0.3 is 5.32 Å². The Morgan fingerprint density at radius 2 is 2.14 bits per heavy atom. The van der Waals surface area contributed by atoms with E-state index in [1.807, 2.05) is 6.92 Å². The van der Waals surface area contributed by atoms with Gasteiger partial charge in [0.2, 0.25) is 0 Å². The molecule has 1 aliphatic carbocycles. The van der Waals surface area contributed by atoms with Gasteiger partial charge >= 0.3 is 5.69 Å². The van der Waals surface area contributed by atoms with Crippen LogP contribution < -0.4 is 11.0 Å². The van der Waals surface area contributed by atoms with Crippen molar-refractivity contribution in [3.05, 3.63) is 16.2 Å². The van der Waals surface area contributed by atoms with E-state index >= 15 is 0 Å². The first-order valence-electron chi connectivity index (χ1n) is 4.95. The van der Waals surface area contributed by atoms with Crippen molar-refractivity contribution in [2.75, 3.05) is 5.32 Å². The molecule has 0 aliphatic heterocycles. The van der Waals surface area contributed by atoms with Gasteiger partial charge in [-0.15, -0.1) is 0 Å². The molecule has 1 aliphatic rings. The van der Waals surface area contributed by atoms with Crippen LogP contribution in [0.4, 0.5) is 5.82 Å². The fourth-order valence-corrected chi connectivity index (χ4v) is 1.79. The van der Waals surface area contributed by atoms with Crippen molar-refractivity contribution >= 4 is 5.82 Å². The summed E-state index contributed by atoms with van der Waals surface area (Å²) in [6, 6.07) is 0.463. The predicted octanol–water partition coefficient (Wildman–Crippen LogP) is 0.828. The molecule has 1 aromatic rings. The molecule has 0 atom stereocenters. The molecule has 1 aromatic heterocycles. The molecular weight excluding hydrogens is 180 g/mol. The van der Waals surface area contributed by atoms with Gasteiger partial charge in [0.1, 0.15) is 5.69 Å². The fraction of sp³-hybridized carbons (Fsp3) is 0.667. The van der Waals surface area contributed by atoms with Crippen molar-refractivity contribution in [3.63, 3.8) is 0 Å². The number of nitrogens with zero attached hydrogens (tertiary/aromatic N) is 2. The molecule has 2 rings (SSSR count). The normalized spacial score (nSPS) is 17.2. The van der Waals surface area contributed by atoms with Gasteiger partial charge in [0.15, 0.2) is 5.82 Å². The van der Waals surface area contributed by atoms with Crippen LogP contribution >= 0.6 is 0 Å². The summed E-state index contributed by atoms with van der Waals surface area (Å²) in [5, 5.41) is 9.42. The van der Waals surface area contributed by atoms with Gasteiger partial charge in [0.05, 0.1) is 0 Å². The zero-order valence-electron chi connectivity index (χ0n) is 8.21. The molecule has 0 amide bonds. The number of nitrogens with one attached hydrogen (secondary N) is 2. The molecule has 0 radical (unpaired) electrons. The Labute approximate surface area is 82.0 Å². The second-order valence-corrected chi connectivity index (χ2v) is 3.70. The Morgan fingerprint density at radius 1 is 1.43 bits per heavy atom. The number of rotatable bonds is 2. The summed E-state index contributed by atoms with van der Waals surface area (Å²) in [6.07, 6.45) is 4.84. The molecule has 76 valence electrons. The molecule has 0 spiro atoms. The number of H-pyrrole nitrogens is 1. The summed E-state index contributed by atoms with van der Waals surface area (Å²) in [6.45, 7) is 1.83. The summed E-state index contributed by atoms with van der Waals surface area (Å²) >= 11 is 0. The Bertz CT molecular complexity index is 367. The summed E-state index contributed by atoms with van der Waals surface area (Å²) in [4.78, 5) is 14.8. The standard InChI is InChI=1S/C9H14N4O/c1-6-8(11-9(14)13-12-6)10-7-4-2-3-5-7/h7H,2-5H2,1H3,(H2,10,11,13,14). The number of hydrogen-bond donors (Lipinski definition) is 2. The lowest BCUT2D eigenvalue weighted by Gasteiger charge is -2.12. The molecule has 0 saturated heterocycles. The van der Waals surface area contributed by atoms with Crippen LogP contribution in [0.2, 0.25) is 0 Å². The van der Waals surface area contributed by atoms with Crippen LogP contribution in [0.15, 0.2) is 4.79 Å². The second kappa shape index (κ2) is 3.77. The van der Waals surface area contributed by atoms with Gasteiger partial charge in [-0.3, -0.25) is 0 Å². The second-order valence-electron chi connectivity index (χ2n) is 3.70. The summed E-state index contributed by atoms with van der Waals surface area (Å²) in [7, 11) is 0. The topological polar surface area (TPSA) is 70.7 Å². The number of hydrogen-bond acceptors (Lipinski definition) is 4. The van der Waals surface area contributed by atoms with E-state index < -0.39 is 5.69 Å². The minimum atomic E-state index is -0.393. The third-order valence-corrected chi connectivity index (χ3v) is 2.57. The van der Waals surface area contributed by atoms with Crippen molar-refractivity contribution in [1.29, 1.82) is 0 Å². The lowest BCUT2D eigenvalue weighted by Crippen LogP contribution is -2.22. The molecule has 2 N–H and O–H groups in total. The van der Waals surface area contributed by atoms with Crippen LogP contribution in [0.25, 0.3) is 0 Å². The van der Waals surface area contributed by atoms with Crippen molar-refractivity contribution in [2.45, 2.75) is 38.6 Å². The molecule has 14 heavy (non-hydrogen) atoms. The first kappa shape index (κ1) is 9.18. The SMILES string of the molecule is Cc1n[nH]c(=O)nc1NC1CCCC1. The maximum atomic E-state index is 10.9. The van der Waals surface area contributed by atoms with E-state index in [9.17, 15) is 4.79 Å². The number of aromatic amines is 1. The van der Waals surface area contributed by atoms with Gasteiger partial charge in [0.25, 0.3) is 0 Å². The van der Waals surface area contributed by atoms with E-state index in [2.05, 4.69) is 20.5 Å². The minimum absolute atomic E-state index is 0.393. The Kier molecular flexibility index (Phi) is 2.47. The fourth-order valence-electron chi connectivity index (χ4n) is 1.79. The number of aromatic nitrogens is 3. The van der Waals surface area contributed by atoms with Crippen LogP contribution in [0.1, 0.15) is 31.4 Å². The van der Waals surface area contributed by atoms with Crippen LogP contribution in [0.3, 0.4) is 0 Å². The minimum Gasteiger partial charge on any atom is -0.366 e. The molecule has 0 unspecified atom stereocenters. The third kappa shape index (κ3) is 1.92. The zero-order valence-corrected chi connectivity index (χ0v) is 8.21.